The minimum absolute atomic E-state index is 0.202. The number of aryl methyl sites for hydroxylation is 1. The molecule has 1 N–H and O–H groups in total. The van der Waals surface area contributed by atoms with E-state index < -0.39 is 0 Å². The quantitative estimate of drug-likeness (QED) is 0.759. The lowest BCUT2D eigenvalue weighted by atomic mass is 10.2. The van der Waals surface area contributed by atoms with Crippen LogP contribution in [-0.4, -0.2) is 15.0 Å². The highest BCUT2D eigenvalue weighted by Crippen LogP contribution is 2.09. The largest absolute Gasteiger partial charge is 0.342 e. The van der Waals surface area contributed by atoms with Crippen LogP contribution in [0.4, 0.5) is 0 Å². The molecule has 2 heterocycles. The molecule has 0 saturated heterocycles. The normalized spacial score (nSPS) is 10.3. The first-order valence-electron chi connectivity index (χ1n) is 4.67. The fourth-order valence-electron chi connectivity index (χ4n) is 1.27. The van der Waals surface area contributed by atoms with Gasteiger partial charge in [0.25, 0.3) is 5.56 Å². The summed E-state index contributed by atoms with van der Waals surface area (Å²) in [6.45, 7) is 3.61. The summed E-state index contributed by atoms with van der Waals surface area (Å²) in [5.74, 6) is 0.517. The summed E-state index contributed by atoms with van der Waals surface area (Å²) in [7, 11) is 0. The average molecular weight is 201 g/mol. The van der Waals surface area contributed by atoms with Gasteiger partial charge in [0, 0.05) is 17.5 Å². The summed E-state index contributed by atoms with van der Waals surface area (Å²) in [4.78, 5) is 22.6. The molecule has 0 amide bonds. The van der Waals surface area contributed by atoms with Crippen LogP contribution in [0.5, 0.6) is 0 Å². The fourth-order valence-corrected chi connectivity index (χ4v) is 1.27. The fraction of sp³-hybridized carbons (Fsp3) is 0.182. The van der Waals surface area contributed by atoms with Crippen molar-refractivity contribution in [1.29, 1.82) is 0 Å². The number of H-pyrrole nitrogens is 1. The summed E-state index contributed by atoms with van der Waals surface area (Å²) < 4.78 is 0. The van der Waals surface area contributed by atoms with Gasteiger partial charge in [-0.1, -0.05) is 6.07 Å². The molecule has 0 fully saturated rings. The van der Waals surface area contributed by atoms with E-state index in [4.69, 9.17) is 0 Å². The van der Waals surface area contributed by atoms with E-state index in [9.17, 15) is 4.79 Å². The summed E-state index contributed by atoms with van der Waals surface area (Å²) in [5, 5.41) is 0. The smallest absolute Gasteiger partial charge is 0.276 e. The van der Waals surface area contributed by atoms with Gasteiger partial charge in [-0.05, 0) is 26.0 Å². The first-order valence-corrected chi connectivity index (χ1v) is 4.67. The van der Waals surface area contributed by atoms with Crippen LogP contribution >= 0.6 is 0 Å². The predicted octanol–water partition coefficient (Wildman–Crippen LogP) is 1.45. The molecule has 0 aliphatic carbocycles. The average Bonchev–Trinajstić information content (AvgIpc) is 2.26. The Bertz CT molecular complexity index is 531. The molecule has 0 unspecified atom stereocenters. The molecule has 0 aromatic carbocycles. The van der Waals surface area contributed by atoms with Crippen LogP contribution in [0, 0.1) is 13.8 Å². The van der Waals surface area contributed by atoms with Crippen LogP contribution in [0.3, 0.4) is 0 Å². The lowest BCUT2D eigenvalue weighted by Gasteiger charge is -2.03. The van der Waals surface area contributed by atoms with Gasteiger partial charge >= 0.3 is 0 Å². The Hall–Kier alpha value is -1.97. The minimum Gasteiger partial charge on any atom is -0.342 e. The van der Waals surface area contributed by atoms with Crippen LogP contribution in [0.25, 0.3) is 11.5 Å². The Kier molecular flexibility index (Phi) is 2.33. The molecule has 0 aliphatic heterocycles. The van der Waals surface area contributed by atoms with Gasteiger partial charge in [0.1, 0.15) is 5.69 Å². The number of nitrogens with zero attached hydrogens (tertiary/aromatic N) is 2. The lowest BCUT2D eigenvalue weighted by Crippen LogP contribution is -2.14. The number of pyridine rings is 1. The maximum Gasteiger partial charge on any atom is 0.276 e. The van der Waals surface area contributed by atoms with Crippen molar-refractivity contribution in [3.05, 3.63) is 46.0 Å². The molecule has 0 atom stereocenters. The summed E-state index contributed by atoms with van der Waals surface area (Å²) in [5.41, 5.74) is 1.95. The van der Waals surface area contributed by atoms with Crippen molar-refractivity contribution in [3.63, 3.8) is 0 Å². The van der Waals surface area contributed by atoms with Gasteiger partial charge in [0.2, 0.25) is 0 Å². The van der Waals surface area contributed by atoms with Crippen LogP contribution in [0.2, 0.25) is 0 Å². The van der Waals surface area contributed by atoms with Gasteiger partial charge in [-0.2, -0.15) is 4.98 Å². The van der Waals surface area contributed by atoms with Gasteiger partial charge < -0.3 is 4.98 Å². The van der Waals surface area contributed by atoms with Crippen molar-refractivity contribution < 1.29 is 0 Å². The number of aromatic nitrogens is 3. The Balaban J connectivity index is 2.61. The van der Waals surface area contributed by atoms with E-state index in [1.54, 1.807) is 13.1 Å². The molecule has 4 heteroatoms. The van der Waals surface area contributed by atoms with Gasteiger partial charge in [-0.3, -0.25) is 9.78 Å². The highest BCUT2D eigenvalue weighted by molar-refractivity contribution is 5.48. The van der Waals surface area contributed by atoms with E-state index in [0.29, 0.717) is 17.1 Å². The van der Waals surface area contributed by atoms with Crippen molar-refractivity contribution in [1.82, 2.24) is 15.0 Å². The maximum atomic E-state index is 11.5. The zero-order valence-electron chi connectivity index (χ0n) is 8.61. The molecular formula is C11H11N3O. The maximum absolute atomic E-state index is 11.5. The molecule has 76 valence electrons. The molecule has 0 spiro atoms. The lowest BCUT2D eigenvalue weighted by molar-refractivity contribution is 1.02. The number of nitrogens with one attached hydrogen (secondary N) is 1. The number of hydrogen-bond acceptors (Lipinski definition) is 3. The van der Waals surface area contributed by atoms with Crippen molar-refractivity contribution in [3.8, 4) is 11.5 Å². The molecule has 2 rings (SSSR count). The van der Waals surface area contributed by atoms with Crippen LogP contribution in [0.1, 0.15) is 11.3 Å². The predicted molar refractivity (Wildman–Crippen MR) is 57.6 cm³/mol. The van der Waals surface area contributed by atoms with E-state index in [0.717, 1.165) is 5.69 Å². The Morgan fingerprint density at radius 1 is 1.27 bits per heavy atom. The standard InChI is InChI=1S/C11H11N3O/c1-7-8(2)13-10(14-11(7)15)9-5-3-4-6-12-9/h3-6H,1-2H3,(H,13,14,15). The third kappa shape index (κ3) is 1.79. The van der Waals surface area contributed by atoms with Gasteiger partial charge in [0.05, 0.1) is 0 Å². The minimum atomic E-state index is -0.202. The summed E-state index contributed by atoms with van der Waals surface area (Å²) in [6.07, 6.45) is 1.67. The number of hydrogen-bond donors (Lipinski definition) is 1. The van der Waals surface area contributed by atoms with E-state index in [1.165, 1.54) is 0 Å². The molecule has 2 aromatic rings. The van der Waals surface area contributed by atoms with E-state index >= 15 is 0 Å². The molecule has 0 radical (unpaired) electrons. The van der Waals surface area contributed by atoms with E-state index in [-0.39, 0.29) is 5.56 Å². The molecule has 0 bridgehead atoms. The summed E-state index contributed by atoms with van der Waals surface area (Å²) >= 11 is 0. The van der Waals surface area contributed by atoms with Crippen molar-refractivity contribution in [2.45, 2.75) is 13.8 Å². The number of aromatic amines is 1. The zero-order valence-corrected chi connectivity index (χ0v) is 8.61. The van der Waals surface area contributed by atoms with E-state index in [1.807, 2.05) is 25.1 Å². The first-order chi connectivity index (χ1) is 7.18. The van der Waals surface area contributed by atoms with Gasteiger partial charge in [-0.15, -0.1) is 0 Å². The third-order valence-corrected chi connectivity index (χ3v) is 2.31. The second-order valence-electron chi connectivity index (χ2n) is 3.36. The van der Waals surface area contributed by atoms with Gasteiger partial charge in [-0.25, -0.2) is 0 Å². The molecule has 2 aromatic heterocycles. The van der Waals surface area contributed by atoms with Crippen molar-refractivity contribution in [2.24, 2.45) is 0 Å². The second kappa shape index (κ2) is 3.65. The van der Waals surface area contributed by atoms with Crippen LogP contribution in [-0.2, 0) is 0 Å². The monoisotopic (exact) mass is 201 g/mol. The van der Waals surface area contributed by atoms with Gasteiger partial charge in [0.15, 0.2) is 5.82 Å². The van der Waals surface area contributed by atoms with Crippen molar-refractivity contribution in [2.75, 3.05) is 0 Å². The summed E-state index contributed by atoms with van der Waals surface area (Å²) in [6, 6.07) is 5.49. The van der Waals surface area contributed by atoms with Crippen LogP contribution < -0.4 is 5.56 Å². The molecule has 15 heavy (non-hydrogen) atoms. The highest BCUT2D eigenvalue weighted by Gasteiger charge is 2.05. The van der Waals surface area contributed by atoms with Crippen LogP contribution in [0.15, 0.2) is 29.2 Å². The highest BCUT2D eigenvalue weighted by atomic mass is 16.1. The first kappa shape index (κ1) is 9.58. The SMILES string of the molecule is Cc1[nH]c(-c2ccccn2)nc(=O)c1C. The molecule has 0 saturated carbocycles. The third-order valence-electron chi connectivity index (χ3n) is 2.31. The Labute approximate surface area is 87.0 Å². The van der Waals surface area contributed by atoms with E-state index in [2.05, 4.69) is 15.0 Å². The number of rotatable bonds is 1. The molecule has 0 aliphatic rings. The molecule has 4 nitrogen and oxygen atoms in total. The Morgan fingerprint density at radius 2 is 2.07 bits per heavy atom. The topological polar surface area (TPSA) is 58.6 Å². The Morgan fingerprint density at radius 3 is 2.67 bits per heavy atom. The van der Waals surface area contributed by atoms with Crippen molar-refractivity contribution >= 4 is 0 Å². The second-order valence-corrected chi connectivity index (χ2v) is 3.36. The molecular weight excluding hydrogens is 190 g/mol. The zero-order chi connectivity index (χ0) is 10.8.